The maximum atomic E-state index is 13.0. The summed E-state index contributed by atoms with van der Waals surface area (Å²) in [5, 5.41) is 8.31. The van der Waals surface area contributed by atoms with Crippen molar-refractivity contribution in [2.45, 2.75) is 45.2 Å². The standard InChI is InChI=1S/C17H20N4O/c1-12-18-19-16-11-20(9-10-21(12)16)17(22)15-8-4-6-13-5-2-3-7-14(13)15/h2-3,5,7,15H,4,6,8-11H2,1H3. The molecule has 114 valence electrons. The van der Waals surface area contributed by atoms with Crippen molar-refractivity contribution in [3.8, 4) is 0 Å². The molecule has 2 heterocycles. The monoisotopic (exact) mass is 296 g/mol. The molecule has 1 atom stereocenters. The number of rotatable bonds is 1. The second-order valence-electron chi connectivity index (χ2n) is 6.22. The number of nitrogens with zero attached hydrogens (tertiary/aromatic N) is 4. The minimum atomic E-state index is 0.0144. The Morgan fingerprint density at radius 1 is 1.23 bits per heavy atom. The SMILES string of the molecule is Cc1nnc2n1CCN(C(=O)C1CCCc3ccccc31)C2. The highest BCUT2D eigenvalue weighted by Crippen LogP contribution is 2.33. The molecular formula is C17H20N4O. The molecule has 2 aliphatic rings. The average Bonchev–Trinajstić information content (AvgIpc) is 2.94. The van der Waals surface area contributed by atoms with E-state index < -0.39 is 0 Å². The molecule has 0 N–H and O–H groups in total. The van der Waals surface area contributed by atoms with Crippen LogP contribution in [0.3, 0.4) is 0 Å². The van der Waals surface area contributed by atoms with Crippen LogP contribution in [-0.2, 0) is 24.3 Å². The number of aryl methyl sites for hydroxylation is 2. The zero-order valence-electron chi connectivity index (χ0n) is 12.8. The van der Waals surface area contributed by atoms with Crippen molar-refractivity contribution in [1.29, 1.82) is 0 Å². The summed E-state index contributed by atoms with van der Waals surface area (Å²) < 4.78 is 2.11. The molecular weight excluding hydrogens is 276 g/mol. The molecule has 0 saturated carbocycles. The molecule has 2 aromatic rings. The molecule has 0 radical (unpaired) electrons. The van der Waals surface area contributed by atoms with E-state index in [9.17, 15) is 4.79 Å². The lowest BCUT2D eigenvalue weighted by molar-refractivity contribution is -0.134. The highest BCUT2D eigenvalue weighted by atomic mass is 16.2. The van der Waals surface area contributed by atoms with Gasteiger partial charge in [-0.15, -0.1) is 10.2 Å². The normalized spacial score (nSPS) is 20.4. The van der Waals surface area contributed by atoms with Crippen LogP contribution in [0.2, 0.25) is 0 Å². The second kappa shape index (κ2) is 5.23. The maximum Gasteiger partial charge on any atom is 0.230 e. The number of aromatic nitrogens is 3. The van der Waals surface area contributed by atoms with Crippen molar-refractivity contribution in [3.63, 3.8) is 0 Å². The Morgan fingerprint density at radius 2 is 2.09 bits per heavy atom. The lowest BCUT2D eigenvalue weighted by atomic mass is 9.82. The van der Waals surface area contributed by atoms with Crippen molar-refractivity contribution in [2.24, 2.45) is 0 Å². The molecule has 4 rings (SSSR count). The summed E-state index contributed by atoms with van der Waals surface area (Å²) in [7, 11) is 0. The highest BCUT2D eigenvalue weighted by molar-refractivity contribution is 5.84. The van der Waals surface area contributed by atoms with Gasteiger partial charge < -0.3 is 9.47 Å². The van der Waals surface area contributed by atoms with Crippen LogP contribution in [0.1, 0.15) is 41.5 Å². The van der Waals surface area contributed by atoms with Gasteiger partial charge in [0.2, 0.25) is 5.91 Å². The summed E-state index contributed by atoms with van der Waals surface area (Å²) in [5.74, 6) is 2.10. The second-order valence-corrected chi connectivity index (χ2v) is 6.22. The Bertz CT molecular complexity index is 721. The fraction of sp³-hybridized carbons (Fsp3) is 0.471. The number of hydrogen-bond donors (Lipinski definition) is 0. The summed E-state index contributed by atoms with van der Waals surface area (Å²) in [6, 6.07) is 8.39. The predicted molar refractivity (Wildman–Crippen MR) is 82.3 cm³/mol. The first-order chi connectivity index (χ1) is 10.7. The molecule has 1 aromatic carbocycles. The minimum absolute atomic E-state index is 0.0144. The first-order valence-electron chi connectivity index (χ1n) is 7.99. The third-order valence-corrected chi connectivity index (χ3v) is 4.92. The number of fused-ring (bicyclic) bond motifs is 2. The van der Waals surface area contributed by atoms with E-state index in [2.05, 4.69) is 33.0 Å². The maximum absolute atomic E-state index is 13.0. The van der Waals surface area contributed by atoms with Crippen LogP contribution in [0, 0.1) is 6.92 Å². The van der Waals surface area contributed by atoms with Crippen LogP contribution in [0.25, 0.3) is 0 Å². The van der Waals surface area contributed by atoms with Crippen LogP contribution in [0.5, 0.6) is 0 Å². The molecule has 0 saturated heterocycles. The van der Waals surface area contributed by atoms with E-state index in [0.717, 1.165) is 44.0 Å². The number of carbonyl (C=O) groups excluding carboxylic acids is 1. The van der Waals surface area contributed by atoms with Crippen LogP contribution in [0.15, 0.2) is 24.3 Å². The Kier molecular flexibility index (Phi) is 3.21. The van der Waals surface area contributed by atoms with E-state index in [0.29, 0.717) is 6.54 Å². The van der Waals surface area contributed by atoms with E-state index in [1.807, 2.05) is 17.9 Å². The van der Waals surface area contributed by atoms with Gasteiger partial charge in [-0.25, -0.2) is 0 Å². The summed E-state index contributed by atoms with van der Waals surface area (Å²) in [4.78, 5) is 15.0. The van der Waals surface area contributed by atoms with E-state index >= 15 is 0 Å². The quantitative estimate of drug-likeness (QED) is 0.809. The van der Waals surface area contributed by atoms with Gasteiger partial charge in [0.1, 0.15) is 5.82 Å². The molecule has 1 amide bonds. The average molecular weight is 296 g/mol. The van der Waals surface area contributed by atoms with Crippen molar-refractivity contribution in [2.75, 3.05) is 6.54 Å². The molecule has 1 aromatic heterocycles. The van der Waals surface area contributed by atoms with E-state index in [1.165, 1.54) is 11.1 Å². The summed E-state index contributed by atoms with van der Waals surface area (Å²) >= 11 is 0. The Morgan fingerprint density at radius 3 is 3.00 bits per heavy atom. The molecule has 1 unspecified atom stereocenters. The number of carbonyl (C=O) groups is 1. The van der Waals surface area contributed by atoms with E-state index in [1.54, 1.807) is 0 Å². The van der Waals surface area contributed by atoms with Gasteiger partial charge in [0.05, 0.1) is 12.5 Å². The van der Waals surface area contributed by atoms with Crippen LogP contribution < -0.4 is 0 Å². The molecule has 0 spiro atoms. The Hall–Kier alpha value is -2.17. The van der Waals surface area contributed by atoms with E-state index in [-0.39, 0.29) is 11.8 Å². The van der Waals surface area contributed by atoms with Crippen LogP contribution >= 0.6 is 0 Å². The topological polar surface area (TPSA) is 51.0 Å². The minimum Gasteiger partial charge on any atom is -0.333 e. The molecule has 1 aliphatic heterocycles. The van der Waals surface area contributed by atoms with Crippen molar-refractivity contribution >= 4 is 5.91 Å². The molecule has 1 aliphatic carbocycles. The van der Waals surface area contributed by atoms with Gasteiger partial charge in [-0.1, -0.05) is 24.3 Å². The molecule has 5 heteroatoms. The smallest absolute Gasteiger partial charge is 0.230 e. The van der Waals surface area contributed by atoms with Crippen LogP contribution in [-0.4, -0.2) is 32.1 Å². The van der Waals surface area contributed by atoms with Crippen molar-refractivity contribution < 1.29 is 4.79 Å². The predicted octanol–water partition coefficient (Wildman–Crippen LogP) is 2.05. The van der Waals surface area contributed by atoms with E-state index in [4.69, 9.17) is 0 Å². The zero-order valence-corrected chi connectivity index (χ0v) is 12.8. The lowest BCUT2D eigenvalue weighted by Gasteiger charge is -2.33. The Balaban J connectivity index is 1.59. The van der Waals surface area contributed by atoms with Gasteiger partial charge in [0, 0.05) is 13.1 Å². The van der Waals surface area contributed by atoms with Gasteiger partial charge in [-0.3, -0.25) is 4.79 Å². The molecule has 5 nitrogen and oxygen atoms in total. The number of benzene rings is 1. The van der Waals surface area contributed by atoms with Gasteiger partial charge in [-0.05, 0) is 37.3 Å². The molecule has 0 fully saturated rings. The number of hydrogen-bond acceptors (Lipinski definition) is 3. The van der Waals surface area contributed by atoms with Gasteiger partial charge >= 0.3 is 0 Å². The van der Waals surface area contributed by atoms with Crippen molar-refractivity contribution in [1.82, 2.24) is 19.7 Å². The third kappa shape index (κ3) is 2.12. The first kappa shape index (κ1) is 13.5. The fourth-order valence-electron chi connectivity index (χ4n) is 3.72. The first-order valence-corrected chi connectivity index (χ1v) is 7.99. The highest BCUT2D eigenvalue weighted by Gasteiger charge is 2.32. The van der Waals surface area contributed by atoms with Gasteiger partial charge in [0.25, 0.3) is 0 Å². The summed E-state index contributed by atoms with van der Waals surface area (Å²) in [5.41, 5.74) is 2.56. The summed E-state index contributed by atoms with van der Waals surface area (Å²) in [6.07, 6.45) is 3.14. The molecule has 22 heavy (non-hydrogen) atoms. The zero-order chi connectivity index (χ0) is 15.1. The summed E-state index contributed by atoms with van der Waals surface area (Å²) in [6.45, 7) is 4.10. The number of amides is 1. The Labute approximate surface area is 130 Å². The van der Waals surface area contributed by atoms with Crippen molar-refractivity contribution in [3.05, 3.63) is 47.0 Å². The lowest BCUT2D eigenvalue weighted by Crippen LogP contribution is -2.41. The molecule has 0 bridgehead atoms. The van der Waals surface area contributed by atoms with Gasteiger partial charge in [0.15, 0.2) is 5.82 Å². The third-order valence-electron chi connectivity index (χ3n) is 4.92. The largest absolute Gasteiger partial charge is 0.333 e. The fourth-order valence-corrected chi connectivity index (χ4v) is 3.72. The van der Waals surface area contributed by atoms with Gasteiger partial charge in [-0.2, -0.15) is 0 Å². The van der Waals surface area contributed by atoms with Crippen LogP contribution in [0.4, 0.5) is 0 Å².